The molecule has 1 heterocycles. The van der Waals surface area contributed by atoms with Crippen molar-refractivity contribution in [1.82, 2.24) is 5.32 Å². The van der Waals surface area contributed by atoms with Gasteiger partial charge in [0.05, 0.1) is 18.2 Å². The number of hydrogen-bond donors (Lipinski definition) is 2. The van der Waals surface area contributed by atoms with E-state index in [-0.39, 0.29) is 12.8 Å². The zero-order chi connectivity index (χ0) is 16.0. The van der Waals surface area contributed by atoms with E-state index in [4.69, 9.17) is 0 Å². The van der Waals surface area contributed by atoms with E-state index in [0.717, 1.165) is 0 Å². The van der Waals surface area contributed by atoms with Gasteiger partial charge < -0.3 is 10.4 Å². The van der Waals surface area contributed by atoms with Crippen LogP contribution >= 0.6 is 0 Å². The van der Waals surface area contributed by atoms with Crippen molar-refractivity contribution in [2.45, 2.75) is 24.5 Å². The van der Waals surface area contributed by atoms with Gasteiger partial charge in [0.15, 0.2) is 10.8 Å². The van der Waals surface area contributed by atoms with Crippen LogP contribution in [0.15, 0.2) is 30.3 Å². The van der Waals surface area contributed by atoms with E-state index in [1.165, 1.54) is 0 Å². The van der Waals surface area contributed by atoms with Crippen LogP contribution in [0.5, 0.6) is 0 Å². The molecule has 22 heavy (non-hydrogen) atoms. The van der Waals surface area contributed by atoms with Crippen molar-refractivity contribution in [3.63, 3.8) is 0 Å². The molecular weight excluding hydrogens is 280 g/mol. The molecule has 0 unspecified atom stereocenters. The first-order chi connectivity index (χ1) is 10.5. The van der Waals surface area contributed by atoms with Crippen LogP contribution in [0.2, 0.25) is 0 Å². The molecule has 1 saturated carbocycles. The van der Waals surface area contributed by atoms with Crippen LogP contribution in [0.1, 0.15) is 24.3 Å². The van der Waals surface area contributed by atoms with E-state index >= 15 is 0 Å². The molecule has 1 saturated heterocycles. The molecule has 1 aliphatic carbocycles. The minimum Gasteiger partial charge on any atom is -0.371 e. The van der Waals surface area contributed by atoms with E-state index in [2.05, 4.69) is 5.32 Å². The fourth-order valence-electron chi connectivity index (χ4n) is 3.71. The van der Waals surface area contributed by atoms with Crippen molar-refractivity contribution in [3.8, 4) is 18.2 Å². The number of aliphatic hydroxyl groups is 1. The molecule has 2 fully saturated rings. The zero-order valence-electron chi connectivity index (χ0n) is 11.6. The van der Waals surface area contributed by atoms with Gasteiger partial charge in [-0.05, 0) is 5.56 Å². The fourth-order valence-corrected chi connectivity index (χ4v) is 3.71. The quantitative estimate of drug-likeness (QED) is 0.797. The van der Waals surface area contributed by atoms with Crippen molar-refractivity contribution < 1.29 is 9.90 Å². The molecule has 3 rings (SSSR count). The van der Waals surface area contributed by atoms with Gasteiger partial charge in [-0.1, -0.05) is 30.3 Å². The Labute approximate surface area is 127 Å². The summed E-state index contributed by atoms with van der Waals surface area (Å²) in [5, 5.41) is 41.9. The number of carbonyl (C=O) groups is 1. The summed E-state index contributed by atoms with van der Waals surface area (Å²) in [5.41, 5.74) is -4.62. The summed E-state index contributed by atoms with van der Waals surface area (Å²) in [5.74, 6) is -1.49. The maximum Gasteiger partial charge on any atom is 0.245 e. The van der Waals surface area contributed by atoms with Crippen molar-refractivity contribution in [3.05, 3.63) is 35.9 Å². The average molecular weight is 292 g/mol. The van der Waals surface area contributed by atoms with E-state index in [1.807, 2.05) is 18.2 Å². The van der Waals surface area contributed by atoms with E-state index in [9.17, 15) is 25.7 Å². The highest BCUT2D eigenvalue weighted by atomic mass is 16.3. The van der Waals surface area contributed by atoms with Gasteiger partial charge in [-0.2, -0.15) is 15.8 Å². The Hall–Kier alpha value is -2.88. The third-order valence-corrected chi connectivity index (χ3v) is 4.77. The van der Waals surface area contributed by atoms with E-state index in [0.29, 0.717) is 5.56 Å². The second-order valence-electron chi connectivity index (χ2n) is 5.88. The smallest absolute Gasteiger partial charge is 0.245 e. The molecule has 6 nitrogen and oxygen atoms in total. The van der Waals surface area contributed by atoms with Crippen LogP contribution in [0, 0.1) is 44.8 Å². The third-order valence-electron chi connectivity index (χ3n) is 4.77. The summed E-state index contributed by atoms with van der Waals surface area (Å²) in [6.07, 6.45) is -0.229. The maximum absolute atomic E-state index is 12.3. The summed E-state index contributed by atoms with van der Waals surface area (Å²) in [4.78, 5) is 12.3. The molecule has 0 spiro atoms. The minimum atomic E-state index is -1.87. The van der Waals surface area contributed by atoms with Crippen molar-refractivity contribution in [2.75, 3.05) is 0 Å². The molecule has 0 aromatic heterocycles. The second-order valence-corrected chi connectivity index (χ2v) is 5.88. The lowest BCUT2D eigenvalue weighted by Gasteiger charge is -2.43. The van der Waals surface area contributed by atoms with Crippen LogP contribution in [-0.2, 0) is 4.79 Å². The Balaban J connectivity index is 2.29. The number of nitriles is 3. The standard InChI is InChI=1S/C16H12N4O2/c17-8-14-7-16(22,20-13(14)21)6-12(15(14,9-18)10-19)11-4-2-1-3-5-11/h1-5,12,22H,6-7H2,(H,20,21)/t12-,14+,16+/m0/s1. The number of nitrogens with one attached hydrogen (secondary N) is 1. The molecule has 2 N–H and O–H groups in total. The number of benzene rings is 1. The highest BCUT2D eigenvalue weighted by Gasteiger charge is 2.73. The number of carbonyl (C=O) groups excluding carboxylic acids is 1. The molecule has 2 aliphatic rings. The Morgan fingerprint density at radius 2 is 1.77 bits per heavy atom. The third kappa shape index (κ3) is 1.46. The second kappa shape index (κ2) is 4.31. The Bertz CT molecular complexity index is 756. The fraction of sp³-hybridized carbons (Fsp3) is 0.375. The van der Waals surface area contributed by atoms with Gasteiger partial charge in [-0.15, -0.1) is 0 Å². The SMILES string of the molecule is N#CC1(C#N)[C@H](c2ccccc2)C[C@@]2(O)C[C@@]1(C#N)C(=O)N2. The summed E-state index contributed by atoms with van der Waals surface area (Å²) in [6, 6.07) is 14.5. The average Bonchev–Trinajstić information content (AvgIpc) is 2.77. The molecule has 6 heteroatoms. The van der Waals surface area contributed by atoms with Crippen molar-refractivity contribution in [2.24, 2.45) is 10.8 Å². The first-order valence-corrected chi connectivity index (χ1v) is 6.81. The molecule has 1 amide bonds. The van der Waals surface area contributed by atoms with E-state index < -0.39 is 28.4 Å². The van der Waals surface area contributed by atoms with Crippen LogP contribution in [-0.4, -0.2) is 16.7 Å². The summed E-state index contributed by atoms with van der Waals surface area (Å²) >= 11 is 0. The predicted octanol–water partition coefficient (Wildman–Crippen LogP) is 0.926. The van der Waals surface area contributed by atoms with Crippen LogP contribution < -0.4 is 5.32 Å². The normalized spacial score (nSPS) is 34.8. The number of hydrogen-bond acceptors (Lipinski definition) is 5. The number of rotatable bonds is 1. The Morgan fingerprint density at radius 3 is 2.32 bits per heavy atom. The first-order valence-electron chi connectivity index (χ1n) is 6.81. The van der Waals surface area contributed by atoms with Gasteiger partial charge in [-0.25, -0.2) is 0 Å². The number of amides is 1. The van der Waals surface area contributed by atoms with Crippen molar-refractivity contribution >= 4 is 5.91 Å². The van der Waals surface area contributed by atoms with Gasteiger partial charge in [-0.3, -0.25) is 4.79 Å². The lowest BCUT2D eigenvalue weighted by atomic mass is 9.51. The molecule has 1 aromatic rings. The molecule has 1 aliphatic heterocycles. The summed E-state index contributed by atoms with van der Waals surface area (Å²) < 4.78 is 0. The minimum absolute atomic E-state index is 0.0211. The van der Waals surface area contributed by atoms with Crippen LogP contribution in [0.4, 0.5) is 0 Å². The van der Waals surface area contributed by atoms with Crippen LogP contribution in [0.25, 0.3) is 0 Å². The first kappa shape index (κ1) is 14.1. The number of fused-ring (bicyclic) bond motifs is 2. The summed E-state index contributed by atoms with van der Waals surface area (Å²) in [6.45, 7) is 0. The topological polar surface area (TPSA) is 121 Å². The highest BCUT2D eigenvalue weighted by Crippen LogP contribution is 2.62. The largest absolute Gasteiger partial charge is 0.371 e. The molecule has 0 radical (unpaired) electrons. The van der Waals surface area contributed by atoms with Gasteiger partial charge in [0, 0.05) is 18.8 Å². The lowest BCUT2D eigenvalue weighted by molar-refractivity contribution is -0.128. The molecule has 2 bridgehead atoms. The number of nitrogens with zero attached hydrogens (tertiary/aromatic N) is 3. The molecule has 108 valence electrons. The monoisotopic (exact) mass is 292 g/mol. The van der Waals surface area contributed by atoms with E-state index in [1.54, 1.807) is 30.3 Å². The lowest BCUT2D eigenvalue weighted by Crippen LogP contribution is -2.52. The predicted molar refractivity (Wildman–Crippen MR) is 73.2 cm³/mol. The Morgan fingerprint density at radius 1 is 1.14 bits per heavy atom. The van der Waals surface area contributed by atoms with Gasteiger partial charge in [0.1, 0.15) is 5.72 Å². The molecular formula is C16H12N4O2. The zero-order valence-corrected chi connectivity index (χ0v) is 11.6. The highest BCUT2D eigenvalue weighted by molar-refractivity contribution is 5.91. The van der Waals surface area contributed by atoms with Gasteiger partial charge in [0.2, 0.25) is 5.91 Å². The Kier molecular flexibility index (Phi) is 2.75. The molecule has 3 atom stereocenters. The maximum atomic E-state index is 12.3. The van der Waals surface area contributed by atoms with Crippen molar-refractivity contribution in [1.29, 1.82) is 15.8 Å². The van der Waals surface area contributed by atoms with Gasteiger partial charge >= 0.3 is 0 Å². The van der Waals surface area contributed by atoms with Crippen LogP contribution in [0.3, 0.4) is 0 Å². The summed E-state index contributed by atoms with van der Waals surface area (Å²) in [7, 11) is 0. The molecule has 1 aromatic carbocycles. The van der Waals surface area contributed by atoms with Gasteiger partial charge in [0.25, 0.3) is 0 Å².